The third-order valence-electron chi connectivity index (χ3n) is 7.88. The van der Waals surface area contributed by atoms with Gasteiger partial charge < -0.3 is 31.1 Å². The van der Waals surface area contributed by atoms with E-state index in [0.29, 0.717) is 17.7 Å². The standard InChI is InChI=1S/C30H28N2O7/c1-32(2)20-13-16(10-6-9-15-7-4-3-5-8-15)25(34)23-19(20)12-17-11-18-14-21(33)24(29(31)38)28(37)30(18,39)27(36)22(17)26(23)35/h3-5,7-8,13,17-18,34-35,37,39H,9,11-12,14H2,1-2H3,(H2,31,38)/t17-,18+,30+/m1/s1. The Balaban J connectivity index is 1.65. The predicted octanol–water partition coefficient (Wildman–Crippen LogP) is 2.08. The summed E-state index contributed by atoms with van der Waals surface area (Å²) in [5.41, 5.74) is 4.20. The fraction of sp³-hybridized carbons (Fsp3) is 0.300. The molecule has 0 radical (unpaired) electrons. The first-order chi connectivity index (χ1) is 18.5. The molecule has 2 aromatic rings. The number of rotatable bonds is 3. The Morgan fingerprint density at radius 2 is 1.82 bits per heavy atom. The fourth-order valence-corrected chi connectivity index (χ4v) is 6.00. The van der Waals surface area contributed by atoms with Gasteiger partial charge in [-0.05, 0) is 36.0 Å². The van der Waals surface area contributed by atoms with Crippen LogP contribution in [-0.2, 0) is 27.2 Å². The van der Waals surface area contributed by atoms with Crippen molar-refractivity contribution < 1.29 is 34.8 Å². The molecular weight excluding hydrogens is 500 g/mol. The summed E-state index contributed by atoms with van der Waals surface area (Å²) in [5, 5.41) is 44.8. The van der Waals surface area contributed by atoms with Gasteiger partial charge in [-0.1, -0.05) is 42.2 Å². The summed E-state index contributed by atoms with van der Waals surface area (Å²) in [6.45, 7) is 0. The number of aliphatic hydroxyl groups excluding tert-OH is 2. The number of phenols is 1. The Kier molecular flexibility index (Phi) is 6.24. The highest BCUT2D eigenvalue weighted by Crippen LogP contribution is 2.53. The molecule has 3 aliphatic rings. The van der Waals surface area contributed by atoms with Gasteiger partial charge >= 0.3 is 0 Å². The van der Waals surface area contributed by atoms with Gasteiger partial charge in [-0.2, -0.15) is 0 Å². The average Bonchev–Trinajstić information content (AvgIpc) is 2.87. The first-order valence-corrected chi connectivity index (χ1v) is 12.5. The number of Topliss-reactive ketones (excluding diaryl/α,β-unsaturated/α-hetero) is 2. The molecule has 3 atom stereocenters. The number of ketones is 2. The van der Waals surface area contributed by atoms with Crippen LogP contribution in [0, 0.1) is 23.7 Å². The maximum Gasteiger partial charge on any atom is 0.255 e. The van der Waals surface area contributed by atoms with E-state index in [4.69, 9.17) is 5.73 Å². The number of carbonyl (C=O) groups excluding carboxylic acids is 3. The van der Waals surface area contributed by atoms with Gasteiger partial charge in [0.25, 0.3) is 5.91 Å². The van der Waals surface area contributed by atoms with Crippen LogP contribution >= 0.6 is 0 Å². The number of nitrogens with zero attached hydrogens (tertiary/aromatic N) is 1. The Morgan fingerprint density at radius 3 is 2.46 bits per heavy atom. The summed E-state index contributed by atoms with van der Waals surface area (Å²) in [6, 6.07) is 11.3. The number of fused-ring (bicyclic) bond motifs is 3. The quantitative estimate of drug-likeness (QED) is 0.299. The molecule has 2 aromatic carbocycles. The summed E-state index contributed by atoms with van der Waals surface area (Å²) >= 11 is 0. The Morgan fingerprint density at radius 1 is 1.13 bits per heavy atom. The number of amides is 1. The maximum atomic E-state index is 13.7. The van der Waals surface area contributed by atoms with E-state index in [1.54, 1.807) is 6.07 Å². The summed E-state index contributed by atoms with van der Waals surface area (Å²) in [7, 11) is 3.62. The van der Waals surface area contributed by atoms with Crippen LogP contribution in [0.2, 0.25) is 0 Å². The van der Waals surface area contributed by atoms with Crippen LogP contribution in [0.4, 0.5) is 5.69 Å². The smallest absolute Gasteiger partial charge is 0.255 e. The summed E-state index contributed by atoms with van der Waals surface area (Å²) in [6.07, 6.45) is 0.384. The highest BCUT2D eigenvalue weighted by Gasteiger charge is 2.60. The lowest BCUT2D eigenvalue weighted by atomic mass is 9.59. The number of carbonyl (C=O) groups is 3. The van der Waals surface area contributed by atoms with Gasteiger partial charge in [0.2, 0.25) is 5.78 Å². The van der Waals surface area contributed by atoms with E-state index in [2.05, 4.69) is 11.8 Å². The first-order valence-electron chi connectivity index (χ1n) is 12.5. The van der Waals surface area contributed by atoms with Gasteiger partial charge in [0.05, 0.1) is 11.1 Å². The third kappa shape index (κ3) is 3.96. The second kappa shape index (κ2) is 9.33. The van der Waals surface area contributed by atoms with E-state index in [1.807, 2.05) is 49.3 Å². The molecule has 0 saturated heterocycles. The minimum Gasteiger partial charge on any atom is -0.508 e. The zero-order chi connectivity index (χ0) is 28.2. The molecule has 6 N–H and O–H groups in total. The molecule has 1 amide bonds. The Bertz CT molecular complexity index is 1560. The van der Waals surface area contributed by atoms with Crippen LogP contribution in [-0.4, -0.2) is 57.6 Å². The highest BCUT2D eigenvalue weighted by atomic mass is 16.3. The fourth-order valence-electron chi connectivity index (χ4n) is 6.00. The zero-order valence-electron chi connectivity index (χ0n) is 21.5. The monoisotopic (exact) mass is 528 g/mol. The maximum absolute atomic E-state index is 13.7. The van der Waals surface area contributed by atoms with E-state index in [1.165, 1.54) is 0 Å². The van der Waals surface area contributed by atoms with Crippen molar-refractivity contribution in [1.82, 2.24) is 0 Å². The van der Waals surface area contributed by atoms with E-state index in [0.717, 1.165) is 5.56 Å². The van der Waals surface area contributed by atoms with Crippen LogP contribution in [0.15, 0.2) is 53.3 Å². The number of benzene rings is 2. The minimum absolute atomic E-state index is 0.0253. The van der Waals surface area contributed by atoms with Gasteiger partial charge in [-0.3, -0.25) is 14.4 Å². The molecule has 0 spiro atoms. The number of nitrogens with two attached hydrogens (primary N) is 1. The van der Waals surface area contributed by atoms with Crippen LogP contribution in [0.5, 0.6) is 5.75 Å². The lowest BCUT2D eigenvalue weighted by molar-refractivity contribution is -0.147. The van der Waals surface area contributed by atoms with Gasteiger partial charge in [-0.15, -0.1) is 0 Å². The van der Waals surface area contributed by atoms with Gasteiger partial charge in [-0.25, -0.2) is 0 Å². The van der Waals surface area contributed by atoms with Crippen molar-refractivity contribution in [1.29, 1.82) is 0 Å². The molecule has 1 fully saturated rings. The Labute approximate surface area is 224 Å². The number of hydrogen-bond acceptors (Lipinski definition) is 8. The second-order valence-electron chi connectivity index (χ2n) is 10.4. The van der Waals surface area contributed by atoms with E-state index in [-0.39, 0.29) is 41.7 Å². The van der Waals surface area contributed by atoms with Crippen molar-refractivity contribution in [2.75, 3.05) is 19.0 Å². The zero-order valence-corrected chi connectivity index (χ0v) is 21.5. The number of aromatic hydroxyl groups is 1. The molecule has 0 aromatic heterocycles. The minimum atomic E-state index is -2.59. The van der Waals surface area contributed by atoms with Crippen molar-refractivity contribution >= 4 is 28.9 Å². The summed E-state index contributed by atoms with van der Waals surface area (Å²) < 4.78 is 0. The highest BCUT2D eigenvalue weighted by molar-refractivity contribution is 6.22. The SMILES string of the molecule is CN(C)c1cc(C#CCc2ccccc2)c(O)c2c1C[C@H]1C[C@H]3CC(=O)C(C(N)=O)=C(O)[C@@]3(O)C(=O)C1=C2O. The van der Waals surface area contributed by atoms with Gasteiger partial charge in [0.1, 0.15) is 22.8 Å². The molecular formula is C30H28N2O7. The molecule has 0 bridgehead atoms. The molecule has 1 saturated carbocycles. The van der Waals surface area contributed by atoms with Crippen LogP contribution in [0.1, 0.15) is 35.1 Å². The van der Waals surface area contributed by atoms with Crippen molar-refractivity contribution in [2.24, 2.45) is 17.6 Å². The van der Waals surface area contributed by atoms with Crippen LogP contribution in [0.25, 0.3) is 5.76 Å². The predicted molar refractivity (Wildman–Crippen MR) is 143 cm³/mol. The molecule has 9 heteroatoms. The number of phenolic OH excluding ortho intramolecular Hbond substituents is 1. The lowest BCUT2D eigenvalue weighted by Gasteiger charge is -2.46. The van der Waals surface area contributed by atoms with Crippen molar-refractivity contribution in [3.05, 3.63) is 75.6 Å². The van der Waals surface area contributed by atoms with Crippen molar-refractivity contribution in [2.45, 2.75) is 31.3 Å². The topological polar surface area (TPSA) is 161 Å². The van der Waals surface area contributed by atoms with Crippen LogP contribution in [0.3, 0.4) is 0 Å². The molecule has 0 unspecified atom stereocenters. The Hall–Kier alpha value is -4.55. The normalized spacial score (nSPS) is 23.9. The summed E-state index contributed by atoms with van der Waals surface area (Å²) in [4.78, 5) is 39.9. The summed E-state index contributed by atoms with van der Waals surface area (Å²) in [5.74, 6) is -0.573. The number of anilines is 1. The largest absolute Gasteiger partial charge is 0.508 e. The molecule has 0 heterocycles. The molecule has 39 heavy (non-hydrogen) atoms. The van der Waals surface area contributed by atoms with E-state index in [9.17, 15) is 34.8 Å². The van der Waals surface area contributed by atoms with E-state index >= 15 is 0 Å². The lowest BCUT2D eigenvalue weighted by Crippen LogP contribution is -2.58. The number of aliphatic hydroxyl groups is 3. The number of primary amides is 1. The number of hydrogen-bond donors (Lipinski definition) is 5. The molecule has 200 valence electrons. The van der Waals surface area contributed by atoms with Gasteiger partial charge in [0.15, 0.2) is 11.4 Å². The third-order valence-corrected chi connectivity index (χ3v) is 7.88. The van der Waals surface area contributed by atoms with Crippen LogP contribution < -0.4 is 10.6 Å². The first kappa shape index (κ1) is 26.1. The van der Waals surface area contributed by atoms with E-state index < -0.39 is 52.0 Å². The van der Waals surface area contributed by atoms with Crippen molar-refractivity contribution in [3.63, 3.8) is 0 Å². The molecule has 0 aliphatic heterocycles. The average molecular weight is 529 g/mol. The second-order valence-corrected chi connectivity index (χ2v) is 10.4. The molecule has 9 nitrogen and oxygen atoms in total. The molecule has 3 aliphatic carbocycles. The molecule has 5 rings (SSSR count). The van der Waals surface area contributed by atoms with Gasteiger partial charge in [0, 0.05) is 44.1 Å². The van der Waals surface area contributed by atoms with Crippen molar-refractivity contribution in [3.8, 4) is 17.6 Å².